The first-order chi connectivity index (χ1) is 10.1. The fourth-order valence-corrected chi connectivity index (χ4v) is 2.06. The van der Waals surface area contributed by atoms with Gasteiger partial charge >= 0.3 is 5.97 Å². The summed E-state index contributed by atoms with van der Waals surface area (Å²) in [5.41, 5.74) is 3.00. The minimum atomic E-state index is -0.846. The van der Waals surface area contributed by atoms with Gasteiger partial charge in [0.15, 0.2) is 0 Å². The van der Waals surface area contributed by atoms with Crippen LogP contribution in [-0.4, -0.2) is 11.1 Å². The zero-order valence-electron chi connectivity index (χ0n) is 11.1. The number of nitrogens with zero attached hydrogens (tertiary/aromatic N) is 1. The molecule has 0 aliphatic carbocycles. The molecule has 106 valence electrons. The smallest absolute Gasteiger partial charge is 0.307 e. The van der Waals surface area contributed by atoms with Crippen LogP contribution < -0.4 is 5.32 Å². The van der Waals surface area contributed by atoms with Crippen LogP contribution in [0.3, 0.4) is 0 Å². The van der Waals surface area contributed by atoms with Gasteiger partial charge in [-0.15, -0.1) is 0 Å². The minimum absolute atomic E-state index is 0.0176. The van der Waals surface area contributed by atoms with Gasteiger partial charge in [-0.25, -0.2) is 0 Å². The van der Waals surface area contributed by atoms with E-state index < -0.39 is 5.97 Å². The van der Waals surface area contributed by atoms with E-state index in [1.54, 1.807) is 30.3 Å². The van der Waals surface area contributed by atoms with Crippen molar-refractivity contribution in [2.45, 2.75) is 13.0 Å². The Kier molecular flexibility index (Phi) is 4.81. The molecule has 0 fully saturated rings. The van der Waals surface area contributed by atoms with Gasteiger partial charge in [-0.2, -0.15) is 5.26 Å². The van der Waals surface area contributed by atoms with Crippen LogP contribution >= 0.6 is 11.6 Å². The predicted molar refractivity (Wildman–Crippen MR) is 81.3 cm³/mol. The molecule has 0 saturated heterocycles. The van der Waals surface area contributed by atoms with Gasteiger partial charge in [0.25, 0.3) is 0 Å². The normalized spacial score (nSPS) is 9.90. The molecule has 0 atom stereocenters. The maximum atomic E-state index is 10.6. The highest BCUT2D eigenvalue weighted by Crippen LogP contribution is 2.23. The van der Waals surface area contributed by atoms with Crippen LogP contribution in [0, 0.1) is 11.3 Å². The first-order valence-corrected chi connectivity index (χ1v) is 6.69. The van der Waals surface area contributed by atoms with Gasteiger partial charge < -0.3 is 10.4 Å². The number of halogens is 1. The van der Waals surface area contributed by atoms with Crippen molar-refractivity contribution in [2.75, 3.05) is 5.32 Å². The SMILES string of the molecule is N#Cc1ccc(Cl)c(NCc2ccc(CC(=O)O)cc2)c1. The van der Waals surface area contributed by atoms with Gasteiger partial charge in [-0.3, -0.25) is 4.79 Å². The Labute approximate surface area is 127 Å². The number of carboxylic acids is 1. The summed E-state index contributed by atoms with van der Waals surface area (Å²) in [4.78, 5) is 10.6. The molecule has 2 aromatic carbocycles. The van der Waals surface area contributed by atoms with Crippen molar-refractivity contribution in [3.05, 3.63) is 64.2 Å². The highest BCUT2D eigenvalue weighted by Gasteiger charge is 2.03. The van der Waals surface area contributed by atoms with Crippen molar-refractivity contribution in [1.29, 1.82) is 5.26 Å². The maximum Gasteiger partial charge on any atom is 0.307 e. The van der Waals surface area contributed by atoms with Crippen LogP contribution in [-0.2, 0) is 17.8 Å². The van der Waals surface area contributed by atoms with Gasteiger partial charge in [0.1, 0.15) is 0 Å². The van der Waals surface area contributed by atoms with Gasteiger partial charge in [0.05, 0.1) is 28.8 Å². The number of benzene rings is 2. The van der Waals surface area contributed by atoms with E-state index in [-0.39, 0.29) is 6.42 Å². The highest BCUT2D eigenvalue weighted by atomic mass is 35.5. The summed E-state index contributed by atoms with van der Waals surface area (Å²) in [7, 11) is 0. The van der Waals surface area contributed by atoms with E-state index in [1.165, 1.54) is 0 Å². The van der Waals surface area contributed by atoms with E-state index >= 15 is 0 Å². The van der Waals surface area contributed by atoms with Crippen LogP contribution in [0.1, 0.15) is 16.7 Å². The minimum Gasteiger partial charge on any atom is -0.481 e. The summed E-state index contributed by atoms with van der Waals surface area (Å²) in [6, 6.07) is 14.4. The molecule has 5 heteroatoms. The van der Waals surface area contributed by atoms with Crippen molar-refractivity contribution in [3.63, 3.8) is 0 Å². The number of rotatable bonds is 5. The Balaban J connectivity index is 2.03. The van der Waals surface area contributed by atoms with E-state index in [1.807, 2.05) is 12.1 Å². The maximum absolute atomic E-state index is 10.6. The van der Waals surface area contributed by atoms with E-state index in [2.05, 4.69) is 11.4 Å². The largest absolute Gasteiger partial charge is 0.481 e. The lowest BCUT2D eigenvalue weighted by molar-refractivity contribution is -0.136. The van der Waals surface area contributed by atoms with Crippen molar-refractivity contribution >= 4 is 23.3 Å². The van der Waals surface area contributed by atoms with Crippen molar-refractivity contribution in [3.8, 4) is 6.07 Å². The standard InChI is InChI=1S/C16H13ClN2O2/c17-14-6-5-13(9-18)7-15(14)19-10-12-3-1-11(2-4-12)8-16(20)21/h1-7,19H,8,10H2,(H,20,21). The van der Waals surface area contributed by atoms with E-state index in [0.717, 1.165) is 11.1 Å². The Hall–Kier alpha value is -2.51. The van der Waals surface area contributed by atoms with E-state index in [0.29, 0.717) is 22.8 Å². The number of carboxylic acid groups (broad SMARTS) is 1. The predicted octanol–water partition coefficient (Wildman–Crippen LogP) is 3.45. The summed E-state index contributed by atoms with van der Waals surface area (Å²) < 4.78 is 0. The van der Waals surface area contributed by atoms with Crippen molar-refractivity contribution < 1.29 is 9.90 Å². The van der Waals surface area contributed by atoms with E-state index in [4.69, 9.17) is 22.0 Å². The summed E-state index contributed by atoms with van der Waals surface area (Å²) in [6.07, 6.45) is 0.0176. The summed E-state index contributed by atoms with van der Waals surface area (Å²) >= 11 is 6.06. The Morgan fingerprint density at radius 3 is 2.48 bits per heavy atom. The second kappa shape index (κ2) is 6.78. The topological polar surface area (TPSA) is 73.1 Å². The summed E-state index contributed by atoms with van der Waals surface area (Å²) in [5, 5.41) is 21.3. The van der Waals surface area contributed by atoms with Gasteiger partial charge in [-0.05, 0) is 29.3 Å². The van der Waals surface area contributed by atoms with E-state index in [9.17, 15) is 4.79 Å². The second-order valence-corrected chi connectivity index (χ2v) is 4.95. The fraction of sp³-hybridized carbons (Fsp3) is 0.125. The molecule has 2 rings (SSSR count). The molecule has 0 saturated carbocycles. The molecule has 0 aliphatic heterocycles. The zero-order valence-corrected chi connectivity index (χ0v) is 11.9. The molecule has 21 heavy (non-hydrogen) atoms. The Bertz CT molecular complexity index is 690. The fourth-order valence-electron chi connectivity index (χ4n) is 1.88. The molecular formula is C16H13ClN2O2. The van der Waals surface area contributed by atoms with Crippen LogP contribution in [0.2, 0.25) is 5.02 Å². The molecule has 0 aromatic heterocycles. The molecule has 0 radical (unpaired) electrons. The van der Waals surface area contributed by atoms with Crippen LogP contribution in [0.25, 0.3) is 0 Å². The van der Waals surface area contributed by atoms with Gasteiger partial charge in [-0.1, -0.05) is 35.9 Å². The van der Waals surface area contributed by atoms with Crippen LogP contribution in [0.15, 0.2) is 42.5 Å². The number of aliphatic carboxylic acids is 1. The quantitative estimate of drug-likeness (QED) is 0.887. The first kappa shape index (κ1) is 14.9. The van der Waals surface area contributed by atoms with Crippen LogP contribution in [0.4, 0.5) is 5.69 Å². The third-order valence-corrected chi connectivity index (χ3v) is 3.29. The molecular weight excluding hydrogens is 288 g/mol. The third-order valence-electron chi connectivity index (χ3n) is 2.96. The molecule has 0 unspecified atom stereocenters. The Morgan fingerprint density at radius 1 is 1.19 bits per heavy atom. The molecule has 2 aromatic rings. The molecule has 0 heterocycles. The molecule has 0 bridgehead atoms. The number of anilines is 1. The molecule has 0 amide bonds. The van der Waals surface area contributed by atoms with Crippen molar-refractivity contribution in [2.24, 2.45) is 0 Å². The third kappa shape index (κ3) is 4.23. The average molecular weight is 301 g/mol. The Morgan fingerprint density at radius 2 is 1.86 bits per heavy atom. The monoisotopic (exact) mass is 300 g/mol. The summed E-state index contributed by atoms with van der Waals surface area (Å²) in [6.45, 7) is 0.544. The van der Waals surface area contributed by atoms with Gasteiger partial charge in [0, 0.05) is 6.54 Å². The van der Waals surface area contributed by atoms with Gasteiger partial charge in [0.2, 0.25) is 0 Å². The lowest BCUT2D eigenvalue weighted by Gasteiger charge is -2.09. The highest BCUT2D eigenvalue weighted by molar-refractivity contribution is 6.33. The van der Waals surface area contributed by atoms with Crippen molar-refractivity contribution in [1.82, 2.24) is 0 Å². The second-order valence-electron chi connectivity index (χ2n) is 4.55. The number of nitrogens with one attached hydrogen (secondary N) is 1. The lowest BCUT2D eigenvalue weighted by Crippen LogP contribution is -2.02. The number of nitriles is 1. The zero-order chi connectivity index (χ0) is 15.2. The molecule has 4 nitrogen and oxygen atoms in total. The first-order valence-electron chi connectivity index (χ1n) is 6.31. The van der Waals surface area contributed by atoms with Crippen LogP contribution in [0.5, 0.6) is 0 Å². The average Bonchev–Trinajstić information content (AvgIpc) is 2.47. The molecule has 0 spiro atoms. The summed E-state index contributed by atoms with van der Waals surface area (Å²) in [5.74, 6) is -0.846. The molecule has 0 aliphatic rings. The number of hydrogen-bond donors (Lipinski definition) is 2. The lowest BCUT2D eigenvalue weighted by atomic mass is 10.1. The molecule has 2 N–H and O–H groups in total. The number of carbonyl (C=O) groups is 1. The number of hydrogen-bond acceptors (Lipinski definition) is 3.